The van der Waals surface area contributed by atoms with Gasteiger partial charge in [0.15, 0.2) is 0 Å². The zero-order valence-corrected chi connectivity index (χ0v) is 12.0. The molecule has 2 rings (SSSR count). The molecular formula is C16H23NO3. The van der Waals surface area contributed by atoms with E-state index >= 15 is 0 Å². The maximum atomic E-state index is 11.4. The predicted octanol–water partition coefficient (Wildman–Crippen LogP) is 2.05. The Morgan fingerprint density at radius 2 is 2.05 bits per heavy atom. The summed E-state index contributed by atoms with van der Waals surface area (Å²) in [6.45, 7) is 1.23. The van der Waals surface area contributed by atoms with Crippen LogP contribution in [-0.2, 0) is 27.3 Å². The molecular weight excluding hydrogens is 254 g/mol. The van der Waals surface area contributed by atoms with Gasteiger partial charge in [-0.3, -0.25) is 4.79 Å². The van der Waals surface area contributed by atoms with E-state index in [2.05, 4.69) is 0 Å². The third-order valence-electron chi connectivity index (χ3n) is 4.03. The van der Waals surface area contributed by atoms with Crippen molar-refractivity contribution in [2.24, 2.45) is 11.7 Å². The summed E-state index contributed by atoms with van der Waals surface area (Å²) in [5.41, 5.74) is 7.80. The van der Waals surface area contributed by atoms with Crippen molar-refractivity contribution in [2.45, 2.75) is 38.4 Å². The summed E-state index contributed by atoms with van der Waals surface area (Å²) >= 11 is 0. The molecule has 0 heterocycles. The number of ether oxygens (including phenoxy) is 2. The maximum Gasteiger partial charge on any atom is 0.309 e. The quantitative estimate of drug-likeness (QED) is 0.808. The van der Waals surface area contributed by atoms with Gasteiger partial charge in [-0.05, 0) is 36.4 Å². The van der Waals surface area contributed by atoms with Crippen molar-refractivity contribution < 1.29 is 14.3 Å². The minimum Gasteiger partial charge on any atom is -0.469 e. The monoisotopic (exact) mass is 277 g/mol. The van der Waals surface area contributed by atoms with Crippen LogP contribution < -0.4 is 5.73 Å². The highest BCUT2D eigenvalue weighted by atomic mass is 16.5. The van der Waals surface area contributed by atoms with Gasteiger partial charge in [0.05, 0.1) is 26.2 Å². The largest absolute Gasteiger partial charge is 0.469 e. The Labute approximate surface area is 120 Å². The first-order chi connectivity index (χ1) is 9.74. The van der Waals surface area contributed by atoms with Crippen LogP contribution in [0.1, 0.15) is 30.4 Å². The van der Waals surface area contributed by atoms with Gasteiger partial charge in [0.25, 0.3) is 0 Å². The Kier molecular flexibility index (Phi) is 5.56. The standard InChI is InChI=1S/C16H23NO3/c1-19-16(18)9-12-5-2-3-6-14(12)11-20-15-8-4-7-13(15)10-17/h2-3,5-6,13,15H,4,7-11,17H2,1H3. The molecule has 0 radical (unpaired) electrons. The minimum absolute atomic E-state index is 0.224. The third kappa shape index (κ3) is 3.81. The Balaban J connectivity index is 1.96. The van der Waals surface area contributed by atoms with Crippen molar-refractivity contribution in [1.29, 1.82) is 0 Å². The fourth-order valence-electron chi connectivity index (χ4n) is 2.79. The number of methoxy groups -OCH3 is 1. The number of nitrogens with two attached hydrogens (primary N) is 1. The van der Waals surface area contributed by atoms with Crippen LogP contribution in [0.4, 0.5) is 0 Å². The molecule has 1 saturated carbocycles. The van der Waals surface area contributed by atoms with Gasteiger partial charge in [0.2, 0.25) is 0 Å². The van der Waals surface area contributed by atoms with Gasteiger partial charge < -0.3 is 15.2 Å². The molecule has 4 heteroatoms. The van der Waals surface area contributed by atoms with Crippen LogP contribution in [0.2, 0.25) is 0 Å². The summed E-state index contributed by atoms with van der Waals surface area (Å²) < 4.78 is 10.7. The van der Waals surface area contributed by atoms with Gasteiger partial charge in [0, 0.05) is 0 Å². The second-order valence-electron chi connectivity index (χ2n) is 5.30. The van der Waals surface area contributed by atoms with E-state index in [4.69, 9.17) is 15.2 Å². The van der Waals surface area contributed by atoms with Crippen LogP contribution in [0.5, 0.6) is 0 Å². The molecule has 1 aliphatic carbocycles. The van der Waals surface area contributed by atoms with E-state index in [1.54, 1.807) is 0 Å². The lowest BCUT2D eigenvalue weighted by Crippen LogP contribution is -2.25. The fourth-order valence-corrected chi connectivity index (χ4v) is 2.79. The van der Waals surface area contributed by atoms with E-state index in [0.29, 0.717) is 25.5 Å². The van der Waals surface area contributed by atoms with Gasteiger partial charge in [0.1, 0.15) is 0 Å². The first-order valence-electron chi connectivity index (χ1n) is 7.20. The van der Waals surface area contributed by atoms with E-state index in [9.17, 15) is 4.79 Å². The predicted molar refractivity (Wildman–Crippen MR) is 77.1 cm³/mol. The zero-order chi connectivity index (χ0) is 14.4. The smallest absolute Gasteiger partial charge is 0.309 e. The molecule has 1 aliphatic rings. The second-order valence-corrected chi connectivity index (χ2v) is 5.30. The highest BCUT2D eigenvalue weighted by molar-refractivity contribution is 5.72. The van der Waals surface area contributed by atoms with Gasteiger partial charge in [-0.15, -0.1) is 0 Å². The summed E-state index contributed by atoms with van der Waals surface area (Å²) in [4.78, 5) is 11.4. The molecule has 0 spiro atoms. The first-order valence-corrected chi connectivity index (χ1v) is 7.20. The molecule has 110 valence electrons. The zero-order valence-electron chi connectivity index (χ0n) is 12.0. The molecule has 2 unspecified atom stereocenters. The maximum absolute atomic E-state index is 11.4. The van der Waals surface area contributed by atoms with Crippen molar-refractivity contribution in [1.82, 2.24) is 0 Å². The highest BCUT2D eigenvalue weighted by Crippen LogP contribution is 2.28. The second kappa shape index (κ2) is 7.41. The Hall–Kier alpha value is -1.39. The molecule has 1 aromatic rings. The molecule has 0 amide bonds. The molecule has 1 fully saturated rings. The topological polar surface area (TPSA) is 61.5 Å². The molecule has 2 N–H and O–H groups in total. The van der Waals surface area contributed by atoms with Crippen molar-refractivity contribution in [2.75, 3.05) is 13.7 Å². The van der Waals surface area contributed by atoms with Gasteiger partial charge in [-0.2, -0.15) is 0 Å². The lowest BCUT2D eigenvalue weighted by atomic mass is 10.0. The van der Waals surface area contributed by atoms with E-state index in [1.165, 1.54) is 13.5 Å². The average Bonchev–Trinajstić information content (AvgIpc) is 2.93. The average molecular weight is 277 g/mol. The summed E-state index contributed by atoms with van der Waals surface area (Å²) in [5, 5.41) is 0. The summed E-state index contributed by atoms with van der Waals surface area (Å²) in [6.07, 6.45) is 3.98. The molecule has 20 heavy (non-hydrogen) atoms. The lowest BCUT2D eigenvalue weighted by molar-refractivity contribution is -0.139. The lowest BCUT2D eigenvalue weighted by Gasteiger charge is -2.19. The molecule has 0 aliphatic heterocycles. The van der Waals surface area contributed by atoms with Crippen LogP contribution in [0, 0.1) is 5.92 Å². The minimum atomic E-state index is -0.224. The fraction of sp³-hybridized carbons (Fsp3) is 0.562. The van der Waals surface area contributed by atoms with Crippen molar-refractivity contribution in [3.05, 3.63) is 35.4 Å². The van der Waals surface area contributed by atoms with Crippen molar-refractivity contribution in [3.63, 3.8) is 0 Å². The van der Waals surface area contributed by atoms with Crippen molar-refractivity contribution >= 4 is 5.97 Å². The number of hydrogen-bond acceptors (Lipinski definition) is 4. The van der Waals surface area contributed by atoms with E-state index in [-0.39, 0.29) is 12.1 Å². The summed E-state index contributed by atoms with van der Waals surface area (Å²) in [5.74, 6) is 0.251. The Morgan fingerprint density at radius 1 is 1.30 bits per heavy atom. The number of hydrogen-bond donors (Lipinski definition) is 1. The number of benzene rings is 1. The summed E-state index contributed by atoms with van der Waals surface area (Å²) in [6, 6.07) is 7.85. The van der Waals surface area contributed by atoms with Crippen LogP contribution >= 0.6 is 0 Å². The molecule has 0 saturated heterocycles. The molecule has 1 aromatic carbocycles. The van der Waals surface area contributed by atoms with Crippen LogP contribution in [-0.4, -0.2) is 25.7 Å². The van der Waals surface area contributed by atoms with E-state index in [0.717, 1.165) is 24.0 Å². The van der Waals surface area contributed by atoms with Gasteiger partial charge in [-0.25, -0.2) is 0 Å². The van der Waals surface area contributed by atoms with Crippen LogP contribution in [0.25, 0.3) is 0 Å². The number of carbonyl (C=O) groups excluding carboxylic acids is 1. The molecule has 2 atom stereocenters. The SMILES string of the molecule is COC(=O)Cc1ccccc1COC1CCCC1CN. The molecule has 0 bridgehead atoms. The number of esters is 1. The first kappa shape index (κ1) is 15.0. The van der Waals surface area contributed by atoms with Crippen molar-refractivity contribution in [3.8, 4) is 0 Å². The Morgan fingerprint density at radius 3 is 2.75 bits per heavy atom. The summed E-state index contributed by atoms with van der Waals surface area (Å²) in [7, 11) is 1.41. The number of carbonyl (C=O) groups is 1. The van der Waals surface area contributed by atoms with E-state index in [1.807, 2.05) is 24.3 Å². The number of rotatable bonds is 6. The molecule has 4 nitrogen and oxygen atoms in total. The van der Waals surface area contributed by atoms with Crippen LogP contribution in [0.3, 0.4) is 0 Å². The van der Waals surface area contributed by atoms with E-state index < -0.39 is 0 Å². The normalized spacial score (nSPS) is 21.9. The van der Waals surface area contributed by atoms with Crippen LogP contribution in [0.15, 0.2) is 24.3 Å². The highest BCUT2D eigenvalue weighted by Gasteiger charge is 2.26. The molecule has 0 aromatic heterocycles. The van der Waals surface area contributed by atoms with Gasteiger partial charge >= 0.3 is 5.97 Å². The third-order valence-corrected chi connectivity index (χ3v) is 4.03. The Bertz CT molecular complexity index is 447. The van der Waals surface area contributed by atoms with Gasteiger partial charge in [-0.1, -0.05) is 30.7 Å².